The molecule has 2 fully saturated rings. The maximum Gasteiger partial charge on any atom is 0.244 e. The lowest BCUT2D eigenvalue weighted by molar-refractivity contribution is -0.130. The summed E-state index contributed by atoms with van der Waals surface area (Å²) in [5.41, 5.74) is 0.836. The molecule has 1 unspecified atom stereocenters. The molecular formula is C16H22N2O2S. The zero-order valence-corrected chi connectivity index (χ0v) is 13.4. The molecule has 2 aliphatic rings. The van der Waals surface area contributed by atoms with Gasteiger partial charge in [-0.1, -0.05) is 12.1 Å². The van der Waals surface area contributed by atoms with Crippen molar-refractivity contribution in [1.82, 2.24) is 10.2 Å². The highest BCUT2D eigenvalue weighted by Crippen LogP contribution is 2.46. The standard InChI is InChI=1S/C16H22N2O2S/c1-20-13-6-3-5-12(11-13)14-17-16(7-8-16)15(19)18(14)9-4-10-21-2/h3,5-6,11,14,17H,4,7-10H2,1-2H3. The predicted molar refractivity (Wildman–Crippen MR) is 85.5 cm³/mol. The Morgan fingerprint density at radius 2 is 2.29 bits per heavy atom. The number of amides is 1. The fraction of sp³-hybridized carbons (Fsp3) is 0.562. The van der Waals surface area contributed by atoms with E-state index in [9.17, 15) is 4.79 Å². The van der Waals surface area contributed by atoms with Gasteiger partial charge in [-0.15, -0.1) is 0 Å². The lowest BCUT2D eigenvalue weighted by atomic mass is 10.1. The first-order chi connectivity index (χ1) is 10.2. The first kappa shape index (κ1) is 14.7. The number of hydrogen-bond acceptors (Lipinski definition) is 4. The molecule has 114 valence electrons. The van der Waals surface area contributed by atoms with Crippen molar-refractivity contribution in [3.05, 3.63) is 29.8 Å². The van der Waals surface area contributed by atoms with Crippen LogP contribution in [-0.2, 0) is 4.79 Å². The van der Waals surface area contributed by atoms with Gasteiger partial charge in [0.15, 0.2) is 0 Å². The minimum absolute atomic E-state index is 0.0167. The smallest absolute Gasteiger partial charge is 0.244 e. The summed E-state index contributed by atoms with van der Waals surface area (Å²) in [7, 11) is 1.67. The Bertz CT molecular complexity index is 531. The second kappa shape index (κ2) is 5.89. The lowest BCUT2D eigenvalue weighted by Crippen LogP contribution is -2.33. The number of carbonyl (C=O) groups excluding carboxylic acids is 1. The third-order valence-electron chi connectivity index (χ3n) is 4.30. The largest absolute Gasteiger partial charge is 0.497 e. The summed E-state index contributed by atoms with van der Waals surface area (Å²) in [6.45, 7) is 0.816. The van der Waals surface area contributed by atoms with E-state index in [2.05, 4.69) is 17.6 Å². The number of benzene rings is 1. The Hall–Kier alpha value is -1.20. The molecule has 0 radical (unpaired) electrons. The Morgan fingerprint density at radius 1 is 1.48 bits per heavy atom. The fourth-order valence-corrected chi connectivity index (χ4v) is 3.38. The Labute approximate surface area is 130 Å². The van der Waals surface area contributed by atoms with Gasteiger partial charge in [0.25, 0.3) is 0 Å². The van der Waals surface area contributed by atoms with Crippen molar-refractivity contribution >= 4 is 17.7 Å². The highest BCUT2D eigenvalue weighted by Gasteiger charge is 2.59. The van der Waals surface area contributed by atoms with Crippen molar-refractivity contribution in [2.75, 3.05) is 25.7 Å². The van der Waals surface area contributed by atoms with Crippen molar-refractivity contribution in [1.29, 1.82) is 0 Å². The molecule has 21 heavy (non-hydrogen) atoms. The summed E-state index contributed by atoms with van der Waals surface area (Å²) >= 11 is 1.83. The predicted octanol–water partition coefficient (Wildman–Crippen LogP) is 2.41. The number of ether oxygens (including phenoxy) is 1. The van der Waals surface area contributed by atoms with Gasteiger partial charge in [-0.25, -0.2) is 0 Å². The fourth-order valence-electron chi connectivity index (χ4n) is 2.96. The van der Waals surface area contributed by atoms with Gasteiger partial charge < -0.3 is 9.64 Å². The maximum absolute atomic E-state index is 12.6. The van der Waals surface area contributed by atoms with Gasteiger partial charge in [-0.3, -0.25) is 10.1 Å². The molecule has 3 rings (SSSR count). The molecule has 0 aromatic heterocycles. The number of nitrogens with zero attached hydrogens (tertiary/aromatic N) is 1. The number of carbonyl (C=O) groups is 1. The molecule has 1 aliphatic heterocycles. The molecule has 1 heterocycles. The quantitative estimate of drug-likeness (QED) is 0.820. The Balaban J connectivity index is 1.82. The van der Waals surface area contributed by atoms with Crippen LogP contribution in [0.15, 0.2) is 24.3 Å². The normalized spacial score (nSPS) is 22.9. The first-order valence-electron chi connectivity index (χ1n) is 7.42. The Kier molecular flexibility index (Phi) is 4.13. The highest BCUT2D eigenvalue weighted by molar-refractivity contribution is 7.98. The second-order valence-corrected chi connectivity index (χ2v) is 6.74. The topological polar surface area (TPSA) is 41.6 Å². The zero-order valence-electron chi connectivity index (χ0n) is 12.6. The second-order valence-electron chi connectivity index (χ2n) is 5.75. The van der Waals surface area contributed by atoms with Crippen LogP contribution in [0.3, 0.4) is 0 Å². The molecule has 4 nitrogen and oxygen atoms in total. The van der Waals surface area contributed by atoms with E-state index in [0.29, 0.717) is 0 Å². The van der Waals surface area contributed by atoms with Crippen LogP contribution in [0, 0.1) is 0 Å². The van der Waals surface area contributed by atoms with Gasteiger partial charge in [0.1, 0.15) is 17.5 Å². The zero-order chi connectivity index (χ0) is 14.9. The van der Waals surface area contributed by atoms with E-state index in [-0.39, 0.29) is 17.6 Å². The van der Waals surface area contributed by atoms with Crippen molar-refractivity contribution in [3.63, 3.8) is 0 Å². The van der Waals surface area contributed by atoms with E-state index < -0.39 is 0 Å². The number of nitrogens with one attached hydrogen (secondary N) is 1. The molecule has 1 spiro atoms. The van der Waals surface area contributed by atoms with Crippen LogP contribution in [0.4, 0.5) is 0 Å². The first-order valence-corrected chi connectivity index (χ1v) is 8.81. The van der Waals surface area contributed by atoms with Gasteiger partial charge in [0.05, 0.1) is 7.11 Å². The van der Waals surface area contributed by atoms with Crippen LogP contribution in [0.5, 0.6) is 5.75 Å². The van der Waals surface area contributed by atoms with E-state index in [1.54, 1.807) is 7.11 Å². The van der Waals surface area contributed by atoms with Crippen molar-refractivity contribution in [2.24, 2.45) is 0 Å². The molecule has 1 saturated carbocycles. The minimum Gasteiger partial charge on any atom is -0.497 e. The summed E-state index contributed by atoms with van der Waals surface area (Å²) in [5, 5.41) is 3.55. The minimum atomic E-state index is -0.271. The third kappa shape index (κ3) is 2.77. The van der Waals surface area contributed by atoms with Gasteiger partial charge in [-0.05, 0) is 49.0 Å². The molecule has 1 atom stereocenters. The molecule has 5 heteroatoms. The number of hydrogen-bond donors (Lipinski definition) is 1. The van der Waals surface area contributed by atoms with Crippen LogP contribution >= 0.6 is 11.8 Å². The number of thioether (sulfide) groups is 1. The Morgan fingerprint density at radius 3 is 2.95 bits per heavy atom. The van der Waals surface area contributed by atoms with Crippen LogP contribution in [0.25, 0.3) is 0 Å². The molecule has 1 aromatic carbocycles. The lowest BCUT2D eigenvalue weighted by Gasteiger charge is -2.24. The van der Waals surface area contributed by atoms with E-state index in [0.717, 1.165) is 42.9 Å². The van der Waals surface area contributed by atoms with Crippen LogP contribution in [0.2, 0.25) is 0 Å². The molecule has 1 saturated heterocycles. The van der Waals surface area contributed by atoms with Crippen molar-refractivity contribution in [2.45, 2.75) is 31.0 Å². The molecular weight excluding hydrogens is 284 g/mol. The van der Waals surface area contributed by atoms with Crippen molar-refractivity contribution < 1.29 is 9.53 Å². The molecule has 1 amide bonds. The highest BCUT2D eigenvalue weighted by atomic mass is 32.2. The maximum atomic E-state index is 12.6. The number of methoxy groups -OCH3 is 1. The van der Waals surface area contributed by atoms with Crippen molar-refractivity contribution in [3.8, 4) is 5.75 Å². The van der Waals surface area contributed by atoms with Crippen LogP contribution < -0.4 is 10.1 Å². The summed E-state index contributed by atoms with van der Waals surface area (Å²) in [6, 6.07) is 8.01. The molecule has 1 aliphatic carbocycles. The summed E-state index contributed by atoms with van der Waals surface area (Å²) in [5.74, 6) is 2.20. The SMILES string of the molecule is COc1cccc(C2NC3(CC3)C(=O)N2CCCSC)c1. The van der Waals surface area contributed by atoms with Crippen LogP contribution in [-0.4, -0.2) is 42.0 Å². The van der Waals surface area contributed by atoms with E-state index in [4.69, 9.17) is 4.74 Å². The molecule has 1 N–H and O–H groups in total. The van der Waals surface area contributed by atoms with Gasteiger partial charge >= 0.3 is 0 Å². The summed E-state index contributed by atoms with van der Waals surface area (Å²) in [6.07, 6.45) is 5.05. The molecule has 0 bridgehead atoms. The van der Waals surface area contributed by atoms with E-state index >= 15 is 0 Å². The van der Waals surface area contributed by atoms with E-state index in [1.807, 2.05) is 34.9 Å². The summed E-state index contributed by atoms with van der Waals surface area (Å²) in [4.78, 5) is 14.7. The average molecular weight is 306 g/mol. The third-order valence-corrected chi connectivity index (χ3v) is 5.00. The molecule has 1 aromatic rings. The van der Waals surface area contributed by atoms with Gasteiger partial charge in [0.2, 0.25) is 5.91 Å². The summed E-state index contributed by atoms with van der Waals surface area (Å²) < 4.78 is 5.31. The average Bonchev–Trinajstić information content (AvgIpc) is 3.24. The number of rotatable bonds is 6. The van der Waals surface area contributed by atoms with Crippen LogP contribution in [0.1, 0.15) is 31.0 Å². The van der Waals surface area contributed by atoms with Gasteiger partial charge in [-0.2, -0.15) is 11.8 Å². The van der Waals surface area contributed by atoms with E-state index in [1.165, 1.54) is 0 Å². The van der Waals surface area contributed by atoms with Gasteiger partial charge in [0, 0.05) is 6.54 Å². The monoisotopic (exact) mass is 306 g/mol.